The Balaban J connectivity index is 1.70. The highest BCUT2D eigenvalue weighted by Gasteiger charge is 2.34. The van der Waals surface area contributed by atoms with E-state index in [0.717, 1.165) is 23.2 Å². The van der Waals surface area contributed by atoms with E-state index in [2.05, 4.69) is 0 Å². The lowest BCUT2D eigenvalue weighted by Gasteiger charge is -2.39. The number of hydrogen-bond donors (Lipinski definition) is 3. The van der Waals surface area contributed by atoms with E-state index in [1.807, 2.05) is 37.3 Å². The number of hydrogen-bond acceptors (Lipinski definition) is 5. The van der Waals surface area contributed by atoms with Crippen molar-refractivity contribution in [1.82, 2.24) is 0 Å². The lowest BCUT2D eigenvalue weighted by molar-refractivity contribution is -0.117. The minimum absolute atomic E-state index is 0.129. The van der Waals surface area contributed by atoms with Crippen LogP contribution in [0.3, 0.4) is 0 Å². The lowest BCUT2D eigenvalue weighted by Crippen LogP contribution is -2.51. The van der Waals surface area contributed by atoms with Crippen LogP contribution in [-0.2, 0) is 4.79 Å². The van der Waals surface area contributed by atoms with Crippen LogP contribution in [0.25, 0.3) is 11.1 Å². The summed E-state index contributed by atoms with van der Waals surface area (Å²) in [5.41, 5.74) is 3.49. The molecular weight excluding hydrogens is 406 g/mol. The summed E-state index contributed by atoms with van der Waals surface area (Å²) in [7, 11) is -2.74. The molecule has 0 bridgehead atoms. The van der Waals surface area contributed by atoms with Crippen molar-refractivity contribution in [2.24, 2.45) is 0 Å². The molecule has 0 aromatic heterocycles. The summed E-state index contributed by atoms with van der Waals surface area (Å²) in [6, 6.07) is 12.6. The third kappa shape index (κ3) is 3.49. The van der Waals surface area contributed by atoms with Crippen molar-refractivity contribution in [2.75, 3.05) is 32.9 Å². The van der Waals surface area contributed by atoms with Crippen LogP contribution in [-0.4, -0.2) is 51.1 Å². The molecule has 1 fully saturated rings. The Bertz CT molecular complexity index is 995. The summed E-state index contributed by atoms with van der Waals surface area (Å²) in [6.07, 6.45) is -0.316. The largest absolute Gasteiger partial charge is 0.465 e. The van der Waals surface area contributed by atoms with Crippen molar-refractivity contribution in [1.29, 1.82) is 0 Å². The van der Waals surface area contributed by atoms with Gasteiger partial charge in [0.2, 0.25) is 5.91 Å². The number of carboxylic acid groups (broad SMARTS) is 1. The summed E-state index contributed by atoms with van der Waals surface area (Å²) < 4.78 is 22.0. The monoisotopic (exact) mass is 431 g/mol. The number of carbonyl (C=O) groups is 2. The fraction of sp³-hybridized carbons (Fsp3) is 0.333. The van der Waals surface area contributed by atoms with Gasteiger partial charge in [0.15, 0.2) is 0 Å². The quantitative estimate of drug-likeness (QED) is 0.648. The van der Waals surface area contributed by atoms with Crippen LogP contribution in [0.15, 0.2) is 42.5 Å². The number of nitrogens with zero attached hydrogens (tertiary/aromatic N) is 3. The molecule has 30 heavy (non-hydrogen) atoms. The second-order valence-corrected chi connectivity index (χ2v) is 9.79. The van der Waals surface area contributed by atoms with Crippen LogP contribution in [0.4, 0.5) is 21.9 Å². The molecule has 1 atom stereocenters. The maximum atomic E-state index is 12.1. The molecule has 2 aromatic carbocycles. The molecule has 9 heteroatoms. The lowest BCUT2D eigenvalue weighted by atomic mass is 10.0. The minimum Gasteiger partial charge on any atom is -0.465 e. The van der Waals surface area contributed by atoms with Gasteiger partial charge in [0.1, 0.15) is 0 Å². The summed E-state index contributed by atoms with van der Waals surface area (Å²) in [5, 5.41) is 9.67. The van der Waals surface area contributed by atoms with Gasteiger partial charge in [0, 0.05) is 20.0 Å². The molecular formula is C21H25N3O5S. The van der Waals surface area contributed by atoms with Gasteiger partial charge in [-0.3, -0.25) is 23.1 Å². The van der Waals surface area contributed by atoms with Crippen molar-refractivity contribution in [3.8, 4) is 11.1 Å². The fourth-order valence-corrected chi connectivity index (χ4v) is 5.86. The highest BCUT2D eigenvalue weighted by Crippen LogP contribution is 2.51. The van der Waals surface area contributed by atoms with Crippen molar-refractivity contribution < 1.29 is 23.8 Å². The van der Waals surface area contributed by atoms with Gasteiger partial charge in [0.25, 0.3) is 0 Å². The number of carbonyl (C=O) groups excluding carboxylic acids is 1. The molecule has 2 aliphatic rings. The van der Waals surface area contributed by atoms with E-state index >= 15 is 0 Å². The van der Waals surface area contributed by atoms with E-state index in [0.29, 0.717) is 23.7 Å². The predicted octanol–water partition coefficient (Wildman–Crippen LogP) is 4.47. The number of rotatable bonds is 2. The third-order valence-corrected chi connectivity index (χ3v) is 7.54. The zero-order valence-electron chi connectivity index (χ0n) is 16.9. The van der Waals surface area contributed by atoms with E-state index in [-0.39, 0.29) is 18.5 Å². The highest BCUT2D eigenvalue weighted by molar-refractivity contribution is 8.25. The molecule has 3 N–H and O–H groups in total. The second kappa shape index (κ2) is 7.50. The predicted molar refractivity (Wildman–Crippen MR) is 120 cm³/mol. The smallest absolute Gasteiger partial charge is 0.411 e. The van der Waals surface area contributed by atoms with Crippen LogP contribution < -0.4 is 14.1 Å². The Kier molecular flexibility index (Phi) is 5.13. The van der Waals surface area contributed by atoms with Gasteiger partial charge >= 0.3 is 6.09 Å². The maximum absolute atomic E-state index is 12.1. The van der Waals surface area contributed by atoms with Gasteiger partial charge in [-0.25, -0.2) is 4.79 Å². The van der Waals surface area contributed by atoms with Crippen LogP contribution in [0.5, 0.6) is 0 Å². The summed E-state index contributed by atoms with van der Waals surface area (Å²) >= 11 is 0. The van der Waals surface area contributed by atoms with Crippen LogP contribution in [0.2, 0.25) is 0 Å². The van der Waals surface area contributed by atoms with E-state index in [1.165, 1.54) is 11.8 Å². The van der Waals surface area contributed by atoms with Gasteiger partial charge in [-0.1, -0.05) is 18.2 Å². The fourth-order valence-electron chi connectivity index (χ4n) is 4.24. The van der Waals surface area contributed by atoms with Crippen molar-refractivity contribution in [3.63, 3.8) is 0 Å². The average Bonchev–Trinajstić information content (AvgIpc) is 3.05. The first-order valence-electron chi connectivity index (χ1n) is 9.77. The molecule has 2 aliphatic heterocycles. The summed E-state index contributed by atoms with van der Waals surface area (Å²) in [5.74, 6) is 0.255. The molecule has 0 radical (unpaired) electrons. The maximum Gasteiger partial charge on any atom is 0.411 e. The molecule has 0 aliphatic carbocycles. The summed E-state index contributed by atoms with van der Waals surface area (Å²) in [6.45, 7) is 4.12. The van der Waals surface area contributed by atoms with Gasteiger partial charge in [0.05, 0.1) is 28.9 Å². The van der Waals surface area contributed by atoms with Gasteiger partial charge in [-0.05, 0) is 48.7 Å². The zero-order chi connectivity index (χ0) is 21.6. The van der Waals surface area contributed by atoms with Crippen molar-refractivity contribution in [2.45, 2.75) is 26.3 Å². The number of anilines is 3. The van der Waals surface area contributed by atoms with Crippen LogP contribution in [0.1, 0.15) is 20.3 Å². The van der Waals surface area contributed by atoms with Gasteiger partial charge in [-0.2, -0.15) is 0 Å². The Morgan fingerprint density at radius 2 is 1.70 bits per heavy atom. The van der Waals surface area contributed by atoms with Gasteiger partial charge in [-0.15, -0.1) is 10.8 Å². The second-order valence-electron chi connectivity index (χ2n) is 7.67. The van der Waals surface area contributed by atoms with Crippen LogP contribution >= 0.6 is 10.8 Å². The third-order valence-electron chi connectivity index (χ3n) is 5.60. The van der Waals surface area contributed by atoms with E-state index in [9.17, 15) is 23.8 Å². The Labute approximate surface area is 176 Å². The summed E-state index contributed by atoms with van der Waals surface area (Å²) in [4.78, 5) is 26.8. The number of benzene rings is 2. The highest BCUT2D eigenvalue weighted by atomic mass is 32.3. The molecule has 0 spiro atoms. The van der Waals surface area contributed by atoms with Gasteiger partial charge < -0.3 is 10.0 Å². The normalized spacial score (nSPS) is 21.3. The average molecular weight is 432 g/mol. The van der Waals surface area contributed by atoms with Crippen molar-refractivity contribution >= 4 is 39.8 Å². The minimum atomic E-state index is -2.74. The van der Waals surface area contributed by atoms with E-state index in [4.69, 9.17) is 0 Å². The first-order chi connectivity index (χ1) is 14.2. The first kappa shape index (κ1) is 20.5. The molecule has 0 saturated carbocycles. The van der Waals surface area contributed by atoms with E-state index in [1.54, 1.807) is 21.3 Å². The van der Waals surface area contributed by atoms with Crippen molar-refractivity contribution in [3.05, 3.63) is 42.5 Å². The Morgan fingerprint density at radius 3 is 2.27 bits per heavy atom. The molecule has 8 nitrogen and oxygen atoms in total. The molecule has 2 aromatic rings. The van der Waals surface area contributed by atoms with Crippen LogP contribution in [0, 0.1) is 0 Å². The molecule has 4 rings (SSSR count). The Hall–Kier alpha value is -2.75. The number of amides is 2. The topological polar surface area (TPSA) is 105 Å². The standard InChI is InChI=1S/C21H25N3O5S/c1-14-13-22(21(26)27)20-12-17(6-9-19(20)24(14)15(2)25)16-4-7-18(8-5-16)23-10-3-11-30(23,28)29/h4-9,12,14,28-29H,3,10-11,13H2,1-2H3,(H,26,27). The molecule has 2 amide bonds. The van der Waals surface area contributed by atoms with E-state index < -0.39 is 16.9 Å². The molecule has 2 heterocycles. The zero-order valence-corrected chi connectivity index (χ0v) is 17.7. The SMILES string of the molecule is CC(=O)N1c2ccc(-c3ccc(N4CCCS4(O)O)cc3)cc2N(C(=O)O)CC1C. The number of fused-ring (bicyclic) bond motifs is 1. The first-order valence-corrected chi connectivity index (χ1v) is 11.4. The molecule has 160 valence electrons. The molecule has 1 saturated heterocycles. The Morgan fingerprint density at radius 1 is 1.03 bits per heavy atom. The molecule has 1 unspecified atom stereocenters.